The topological polar surface area (TPSA) is 74.3 Å². The molecule has 24 heavy (non-hydrogen) atoms. The number of benzene rings is 1. The standard InChI is InChI=1S/C16H21ClN4O2S/c1-21(2)11-3-10-18-14-6-9-16(19-12-14)20-24(22,23)15-7-4-13(17)5-8-15/h4-9,12,18H,3,10-11H2,1-2H3,(H,19,20). The predicted molar refractivity (Wildman–Crippen MR) is 98.2 cm³/mol. The summed E-state index contributed by atoms with van der Waals surface area (Å²) in [4.78, 5) is 6.39. The molecule has 2 N–H and O–H groups in total. The Balaban J connectivity index is 1.94. The summed E-state index contributed by atoms with van der Waals surface area (Å²) in [7, 11) is 0.391. The van der Waals surface area contributed by atoms with Crippen LogP contribution in [0.25, 0.3) is 0 Å². The smallest absolute Gasteiger partial charge is 0.263 e. The fraction of sp³-hybridized carbons (Fsp3) is 0.312. The molecule has 0 radical (unpaired) electrons. The van der Waals surface area contributed by atoms with Gasteiger partial charge in [0.1, 0.15) is 5.82 Å². The maximum absolute atomic E-state index is 12.3. The zero-order chi connectivity index (χ0) is 17.6. The third-order valence-corrected chi connectivity index (χ3v) is 4.86. The molecule has 1 heterocycles. The summed E-state index contributed by atoms with van der Waals surface area (Å²) >= 11 is 5.77. The van der Waals surface area contributed by atoms with E-state index in [4.69, 9.17) is 11.6 Å². The van der Waals surface area contributed by atoms with Crippen LogP contribution >= 0.6 is 11.6 Å². The van der Waals surface area contributed by atoms with E-state index >= 15 is 0 Å². The normalized spacial score (nSPS) is 11.5. The Bertz CT molecular complexity index is 747. The highest BCUT2D eigenvalue weighted by atomic mass is 35.5. The highest BCUT2D eigenvalue weighted by Crippen LogP contribution is 2.18. The van der Waals surface area contributed by atoms with Crippen LogP contribution in [-0.2, 0) is 10.0 Å². The molecule has 0 bridgehead atoms. The molecule has 0 amide bonds. The van der Waals surface area contributed by atoms with Gasteiger partial charge >= 0.3 is 0 Å². The quantitative estimate of drug-likeness (QED) is 0.701. The highest BCUT2D eigenvalue weighted by Gasteiger charge is 2.14. The average molecular weight is 369 g/mol. The molecule has 130 valence electrons. The second-order valence-electron chi connectivity index (χ2n) is 5.58. The van der Waals surface area contributed by atoms with Gasteiger partial charge in [0.15, 0.2) is 0 Å². The summed E-state index contributed by atoms with van der Waals surface area (Å²) in [6, 6.07) is 9.38. The fourth-order valence-electron chi connectivity index (χ4n) is 2.00. The van der Waals surface area contributed by atoms with Gasteiger partial charge in [-0.2, -0.15) is 0 Å². The van der Waals surface area contributed by atoms with Gasteiger partial charge in [0.2, 0.25) is 0 Å². The Labute approximate surface area is 147 Å². The molecule has 0 atom stereocenters. The van der Waals surface area contributed by atoms with Gasteiger partial charge in [0.05, 0.1) is 16.8 Å². The summed E-state index contributed by atoms with van der Waals surface area (Å²) in [5, 5.41) is 3.73. The number of hydrogen-bond donors (Lipinski definition) is 2. The number of sulfonamides is 1. The van der Waals surface area contributed by atoms with E-state index in [9.17, 15) is 8.42 Å². The van der Waals surface area contributed by atoms with Crippen LogP contribution in [0.15, 0.2) is 47.5 Å². The van der Waals surface area contributed by atoms with E-state index in [1.165, 1.54) is 24.3 Å². The second kappa shape index (κ2) is 8.32. The molecule has 8 heteroatoms. The first kappa shape index (κ1) is 18.5. The van der Waals surface area contributed by atoms with Crippen molar-refractivity contribution in [1.82, 2.24) is 9.88 Å². The van der Waals surface area contributed by atoms with Crippen molar-refractivity contribution in [3.05, 3.63) is 47.6 Å². The van der Waals surface area contributed by atoms with E-state index in [1.54, 1.807) is 18.3 Å². The molecule has 0 aliphatic carbocycles. The van der Waals surface area contributed by atoms with Gasteiger partial charge in [-0.15, -0.1) is 0 Å². The molecule has 1 aromatic heterocycles. The molecule has 0 aliphatic heterocycles. The van der Waals surface area contributed by atoms with Crippen LogP contribution in [0.5, 0.6) is 0 Å². The number of hydrogen-bond acceptors (Lipinski definition) is 5. The van der Waals surface area contributed by atoms with Crippen molar-refractivity contribution in [2.24, 2.45) is 0 Å². The lowest BCUT2D eigenvalue weighted by atomic mass is 10.3. The van der Waals surface area contributed by atoms with Gasteiger partial charge in [0, 0.05) is 11.6 Å². The number of halogens is 1. The van der Waals surface area contributed by atoms with Crippen LogP contribution in [0, 0.1) is 0 Å². The van der Waals surface area contributed by atoms with E-state index in [1.807, 2.05) is 14.1 Å². The Morgan fingerprint density at radius 2 is 1.83 bits per heavy atom. The lowest BCUT2D eigenvalue weighted by Crippen LogP contribution is -2.16. The molecule has 0 fully saturated rings. The minimum Gasteiger partial charge on any atom is -0.384 e. The molecule has 0 saturated heterocycles. The SMILES string of the molecule is CN(C)CCCNc1ccc(NS(=O)(=O)c2ccc(Cl)cc2)nc1. The first-order chi connectivity index (χ1) is 11.4. The van der Waals surface area contributed by atoms with Crippen molar-refractivity contribution in [3.8, 4) is 0 Å². The molecular weight excluding hydrogens is 348 g/mol. The summed E-state index contributed by atoms with van der Waals surface area (Å²) < 4.78 is 27.0. The van der Waals surface area contributed by atoms with Crippen molar-refractivity contribution in [2.75, 3.05) is 37.2 Å². The molecule has 0 spiro atoms. The number of anilines is 2. The summed E-state index contributed by atoms with van der Waals surface area (Å²) in [5.74, 6) is 0.267. The van der Waals surface area contributed by atoms with Crippen molar-refractivity contribution in [3.63, 3.8) is 0 Å². The van der Waals surface area contributed by atoms with Crippen LogP contribution in [0.3, 0.4) is 0 Å². The Hall–Kier alpha value is -1.83. The molecule has 0 unspecified atom stereocenters. The van der Waals surface area contributed by atoms with Gasteiger partial charge in [-0.1, -0.05) is 11.6 Å². The monoisotopic (exact) mass is 368 g/mol. The number of aromatic nitrogens is 1. The van der Waals surface area contributed by atoms with Crippen molar-refractivity contribution in [1.29, 1.82) is 0 Å². The number of pyridine rings is 1. The van der Waals surface area contributed by atoms with Gasteiger partial charge in [-0.05, 0) is 63.5 Å². The number of nitrogens with zero attached hydrogens (tertiary/aromatic N) is 2. The van der Waals surface area contributed by atoms with E-state index in [0.29, 0.717) is 5.02 Å². The van der Waals surface area contributed by atoms with Crippen LogP contribution in [0.4, 0.5) is 11.5 Å². The van der Waals surface area contributed by atoms with Gasteiger partial charge in [-0.25, -0.2) is 13.4 Å². The van der Waals surface area contributed by atoms with Crippen LogP contribution in [-0.4, -0.2) is 45.5 Å². The maximum atomic E-state index is 12.3. The fourth-order valence-corrected chi connectivity index (χ4v) is 3.13. The van der Waals surface area contributed by atoms with Gasteiger partial charge < -0.3 is 10.2 Å². The molecule has 0 saturated carbocycles. The second-order valence-corrected chi connectivity index (χ2v) is 7.69. The summed E-state index contributed by atoms with van der Waals surface area (Å²) in [6.45, 7) is 1.83. The summed E-state index contributed by atoms with van der Waals surface area (Å²) in [5.41, 5.74) is 0.850. The third-order valence-electron chi connectivity index (χ3n) is 3.24. The van der Waals surface area contributed by atoms with Crippen LogP contribution < -0.4 is 10.0 Å². The van der Waals surface area contributed by atoms with E-state index in [-0.39, 0.29) is 10.7 Å². The molecule has 2 aromatic rings. The Morgan fingerprint density at radius 1 is 1.12 bits per heavy atom. The van der Waals surface area contributed by atoms with E-state index in [2.05, 4.69) is 19.9 Å². The minimum atomic E-state index is -3.67. The van der Waals surface area contributed by atoms with E-state index < -0.39 is 10.0 Å². The number of rotatable bonds is 8. The van der Waals surface area contributed by atoms with Gasteiger partial charge in [0.25, 0.3) is 10.0 Å². The molecular formula is C16H21ClN4O2S. The zero-order valence-electron chi connectivity index (χ0n) is 13.7. The van der Waals surface area contributed by atoms with E-state index in [0.717, 1.165) is 25.2 Å². The van der Waals surface area contributed by atoms with Crippen LogP contribution in [0.2, 0.25) is 5.02 Å². The lowest BCUT2D eigenvalue weighted by molar-refractivity contribution is 0.405. The number of nitrogens with one attached hydrogen (secondary N) is 2. The van der Waals surface area contributed by atoms with Crippen molar-refractivity contribution >= 4 is 33.1 Å². The van der Waals surface area contributed by atoms with Crippen LogP contribution in [0.1, 0.15) is 6.42 Å². The third kappa shape index (κ3) is 5.67. The molecule has 0 aliphatic rings. The molecule has 2 rings (SSSR count). The molecule has 1 aromatic carbocycles. The Kier molecular flexibility index (Phi) is 6.42. The Morgan fingerprint density at radius 3 is 2.42 bits per heavy atom. The minimum absolute atomic E-state index is 0.139. The summed E-state index contributed by atoms with van der Waals surface area (Å²) in [6.07, 6.45) is 2.62. The molecule has 6 nitrogen and oxygen atoms in total. The predicted octanol–water partition coefficient (Wildman–Crippen LogP) is 2.90. The zero-order valence-corrected chi connectivity index (χ0v) is 15.2. The maximum Gasteiger partial charge on any atom is 0.263 e. The first-order valence-corrected chi connectivity index (χ1v) is 9.36. The van der Waals surface area contributed by atoms with Crippen molar-refractivity contribution in [2.45, 2.75) is 11.3 Å². The van der Waals surface area contributed by atoms with Crippen molar-refractivity contribution < 1.29 is 8.42 Å². The van der Waals surface area contributed by atoms with Gasteiger partial charge in [-0.3, -0.25) is 4.72 Å². The largest absolute Gasteiger partial charge is 0.384 e. The lowest BCUT2D eigenvalue weighted by Gasteiger charge is -2.11. The highest BCUT2D eigenvalue weighted by molar-refractivity contribution is 7.92. The first-order valence-electron chi connectivity index (χ1n) is 7.50. The average Bonchev–Trinajstić information content (AvgIpc) is 2.53.